The van der Waals surface area contributed by atoms with Gasteiger partial charge < -0.3 is 0 Å². The standard InChI is InChI=1S/C8H9ClN4O2S/c1-2-7-11-8-10-3-6(4-13(8)12-7)5-16(9,14)15/h3-4H,2,5H2,1H3. The van der Waals surface area contributed by atoms with Crippen molar-refractivity contribution in [3.05, 3.63) is 23.8 Å². The van der Waals surface area contributed by atoms with Gasteiger partial charge in [-0.15, -0.1) is 5.10 Å². The summed E-state index contributed by atoms with van der Waals surface area (Å²) in [5.41, 5.74) is 0.482. The van der Waals surface area contributed by atoms with Crippen LogP contribution in [0.25, 0.3) is 5.78 Å². The van der Waals surface area contributed by atoms with E-state index in [4.69, 9.17) is 10.7 Å². The molecule has 6 nitrogen and oxygen atoms in total. The lowest BCUT2D eigenvalue weighted by Gasteiger charge is -1.97. The minimum Gasteiger partial charge on any atom is -0.219 e. The van der Waals surface area contributed by atoms with Gasteiger partial charge in [0.25, 0.3) is 5.78 Å². The van der Waals surface area contributed by atoms with E-state index in [2.05, 4.69) is 15.1 Å². The van der Waals surface area contributed by atoms with Crippen molar-refractivity contribution in [3.63, 3.8) is 0 Å². The molecule has 0 bridgehead atoms. The summed E-state index contributed by atoms with van der Waals surface area (Å²) in [6.07, 6.45) is 3.70. The average Bonchev–Trinajstić information content (AvgIpc) is 2.57. The molecule has 0 aliphatic carbocycles. The second-order valence-electron chi connectivity index (χ2n) is 3.27. The van der Waals surface area contributed by atoms with Crippen LogP contribution in [0.4, 0.5) is 0 Å². The van der Waals surface area contributed by atoms with Crippen molar-refractivity contribution < 1.29 is 8.42 Å². The molecule has 0 aliphatic rings. The van der Waals surface area contributed by atoms with E-state index in [1.807, 2.05) is 6.92 Å². The number of nitrogens with zero attached hydrogens (tertiary/aromatic N) is 4. The first-order valence-electron chi connectivity index (χ1n) is 4.60. The summed E-state index contributed by atoms with van der Waals surface area (Å²) in [6.45, 7) is 1.93. The third-order valence-electron chi connectivity index (χ3n) is 1.95. The van der Waals surface area contributed by atoms with Gasteiger partial charge in [0.2, 0.25) is 9.05 Å². The van der Waals surface area contributed by atoms with Gasteiger partial charge in [0.15, 0.2) is 5.82 Å². The topological polar surface area (TPSA) is 77.2 Å². The highest BCUT2D eigenvalue weighted by atomic mass is 35.7. The quantitative estimate of drug-likeness (QED) is 0.762. The van der Waals surface area contributed by atoms with Crippen molar-refractivity contribution in [2.45, 2.75) is 19.1 Å². The molecule has 86 valence electrons. The smallest absolute Gasteiger partial charge is 0.219 e. The summed E-state index contributed by atoms with van der Waals surface area (Å²) >= 11 is 0. The monoisotopic (exact) mass is 260 g/mol. The molecule has 2 aromatic heterocycles. The van der Waals surface area contributed by atoms with E-state index >= 15 is 0 Å². The first-order chi connectivity index (χ1) is 7.48. The lowest BCUT2D eigenvalue weighted by molar-refractivity contribution is 0.608. The van der Waals surface area contributed by atoms with Crippen LogP contribution >= 0.6 is 10.7 Å². The van der Waals surface area contributed by atoms with Crippen LogP contribution in [0, 0.1) is 0 Å². The molecule has 0 saturated carbocycles. The predicted molar refractivity (Wildman–Crippen MR) is 58.6 cm³/mol. The second kappa shape index (κ2) is 3.99. The number of hydrogen-bond acceptors (Lipinski definition) is 5. The Morgan fingerprint density at radius 1 is 1.50 bits per heavy atom. The van der Waals surface area contributed by atoms with Gasteiger partial charge in [-0.1, -0.05) is 6.92 Å². The van der Waals surface area contributed by atoms with Crippen molar-refractivity contribution in [3.8, 4) is 0 Å². The number of halogens is 1. The van der Waals surface area contributed by atoms with E-state index in [0.717, 1.165) is 0 Å². The molecule has 16 heavy (non-hydrogen) atoms. The van der Waals surface area contributed by atoms with Gasteiger partial charge in [-0.2, -0.15) is 4.98 Å². The molecule has 0 fully saturated rings. The highest BCUT2D eigenvalue weighted by Gasteiger charge is 2.09. The molecular weight excluding hydrogens is 252 g/mol. The van der Waals surface area contributed by atoms with Gasteiger partial charge in [0, 0.05) is 35.1 Å². The van der Waals surface area contributed by atoms with Crippen molar-refractivity contribution in [2.24, 2.45) is 0 Å². The van der Waals surface area contributed by atoms with Crippen molar-refractivity contribution in [2.75, 3.05) is 0 Å². The van der Waals surface area contributed by atoms with E-state index in [9.17, 15) is 8.42 Å². The van der Waals surface area contributed by atoms with Crippen LogP contribution in [0.15, 0.2) is 12.4 Å². The van der Waals surface area contributed by atoms with Crippen LogP contribution in [0.5, 0.6) is 0 Å². The van der Waals surface area contributed by atoms with E-state index in [1.54, 1.807) is 6.20 Å². The fourth-order valence-corrected chi connectivity index (χ4v) is 2.21. The third-order valence-corrected chi connectivity index (χ3v) is 2.95. The lowest BCUT2D eigenvalue weighted by Crippen LogP contribution is -1.99. The summed E-state index contributed by atoms with van der Waals surface area (Å²) in [5, 5.41) is 4.13. The Hall–Kier alpha value is -1.21. The molecule has 0 atom stereocenters. The van der Waals surface area contributed by atoms with Crippen molar-refractivity contribution >= 4 is 25.5 Å². The van der Waals surface area contributed by atoms with Crippen molar-refractivity contribution in [1.82, 2.24) is 19.6 Å². The summed E-state index contributed by atoms with van der Waals surface area (Å²) in [5.74, 6) is 0.852. The summed E-state index contributed by atoms with van der Waals surface area (Å²) in [7, 11) is 1.58. The maximum atomic E-state index is 10.9. The lowest BCUT2D eigenvalue weighted by atomic mass is 10.4. The number of hydrogen-bond donors (Lipinski definition) is 0. The Bertz CT molecular complexity index is 622. The van der Waals surface area contributed by atoms with Crippen LogP contribution in [-0.4, -0.2) is 28.0 Å². The number of aromatic nitrogens is 4. The van der Waals surface area contributed by atoms with Gasteiger partial charge in [0.1, 0.15) is 0 Å². The SMILES string of the molecule is CCc1nc2ncc(CS(=O)(=O)Cl)cn2n1. The normalized spacial score (nSPS) is 12.1. The molecule has 0 unspecified atom stereocenters. The van der Waals surface area contributed by atoms with Crippen LogP contribution < -0.4 is 0 Å². The van der Waals surface area contributed by atoms with E-state index < -0.39 is 9.05 Å². The molecule has 0 radical (unpaired) electrons. The van der Waals surface area contributed by atoms with Gasteiger partial charge in [-0.25, -0.2) is 17.9 Å². The van der Waals surface area contributed by atoms with Crippen LogP contribution in [0.2, 0.25) is 0 Å². The minimum absolute atomic E-state index is 0.265. The zero-order valence-electron chi connectivity index (χ0n) is 8.46. The van der Waals surface area contributed by atoms with E-state index in [1.165, 1.54) is 10.7 Å². The second-order valence-corrected chi connectivity index (χ2v) is 6.05. The molecule has 2 heterocycles. The largest absolute Gasteiger partial charge is 0.252 e. The summed E-state index contributed by atoms with van der Waals surface area (Å²) in [4.78, 5) is 8.13. The van der Waals surface area contributed by atoms with Crippen molar-refractivity contribution in [1.29, 1.82) is 0 Å². The van der Waals surface area contributed by atoms with E-state index in [-0.39, 0.29) is 5.75 Å². The molecule has 0 saturated heterocycles. The Morgan fingerprint density at radius 2 is 2.25 bits per heavy atom. The summed E-state index contributed by atoms with van der Waals surface area (Å²) in [6, 6.07) is 0. The zero-order valence-corrected chi connectivity index (χ0v) is 10.0. The molecule has 0 N–H and O–H groups in total. The molecule has 2 aromatic rings. The number of aryl methyl sites for hydroxylation is 1. The van der Waals surface area contributed by atoms with Gasteiger partial charge >= 0.3 is 0 Å². The Kier molecular flexibility index (Phi) is 2.81. The third kappa shape index (κ3) is 2.48. The molecule has 0 spiro atoms. The molecule has 8 heteroatoms. The Balaban J connectivity index is 2.43. The van der Waals surface area contributed by atoms with Crippen LogP contribution in [0.3, 0.4) is 0 Å². The molecule has 0 aliphatic heterocycles. The minimum atomic E-state index is -3.57. The molecular formula is C8H9ClN4O2S. The van der Waals surface area contributed by atoms with Crippen LogP contribution in [-0.2, 0) is 21.2 Å². The first kappa shape index (κ1) is 11.3. The molecule has 0 aromatic carbocycles. The van der Waals surface area contributed by atoms with Gasteiger partial charge in [-0.3, -0.25) is 0 Å². The van der Waals surface area contributed by atoms with Crippen LogP contribution in [0.1, 0.15) is 18.3 Å². The number of fused-ring (bicyclic) bond motifs is 1. The van der Waals surface area contributed by atoms with Gasteiger partial charge in [-0.05, 0) is 0 Å². The fourth-order valence-electron chi connectivity index (χ4n) is 1.29. The first-order valence-corrected chi connectivity index (χ1v) is 7.08. The summed E-state index contributed by atoms with van der Waals surface area (Å²) < 4.78 is 23.2. The molecule has 0 amide bonds. The van der Waals surface area contributed by atoms with E-state index in [0.29, 0.717) is 23.6 Å². The van der Waals surface area contributed by atoms with Gasteiger partial charge in [0.05, 0.1) is 5.75 Å². The Labute approximate surface area is 96.7 Å². The highest BCUT2D eigenvalue weighted by Crippen LogP contribution is 2.09. The number of rotatable bonds is 3. The highest BCUT2D eigenvalue weighted by molar-refractivity contribution is 8.13. The molecule has 2 rings (SSSR count). The Morgan fingerprint density at radius 3 is 2.88 bits per heavy atom. The maximum Gasteiger partial charge on any atom is 0.252 e. The fraction of sp³-hybridized carbons (Fsp3) is 0.375. The zero-order chi connectivity index (χ0) is 11.8. The predicted octanol–water partition coefficient (Wildman–Crippen LogP) is 0.755. The maximum absolute atomic E-state index is 10.9. The average molecular weight is 261 g/mol.